The van der Waals surface area contributed by atoms with Gasteiger partial charge in [-0.25, -0.2) is 8.78 Å². The topological polar surface area (TPSA) is 67.4 Å². The SMILES string of the molecule is COc1ccc(F)cc1C(=O)Nc1cc(NC(C)=O)ccc1F. The van der Waals surface area contributed by atoms with E-state index in [1.807, 2.05) is 0 Å². The van der Waals surface area contributed by atoms with Gasteiger partial charge in [-0.05, 0) is 36.4 Å². The highest BCUT2D eigenvalue weighted by atomic mass is 19.1. The first-order chi connectivity index (χ1) is 10.9. The number of nitrogens with one attached hydrogen (secondary N) is 2. The van der Waals surface area contributed by atoms with Crippen LogP contribution in [0.25, 0.3) is 0 Å². The van der Waals surface area contributed by atoms with Gasteiger partial charge in [0.2, 0.25) is 5.91 Å². The Morgan fingerprint density at radius 3 is 2.43 bits per heavy atom. The average molecular weight is 320 g/mol. The van der Waals surface area contributed by atoms with Gasteiger partial charge < -0.3 is 15.4 Å². The Morgan fingerprint density at radius 1 is 1.04 bits per heavy atom. The number of halogens is 2. The first-order valence-corrected chi connectivity index (χ1v) is 6.62. The molecule has 0 fully saturated rings. The van der Waals surface area contributed by atoms with Crippen LogP contribution >= 0.6 is 0 Å². The Labute approximate surface area is 131 Å². The third kappa shape index (κ3) is 4.03. The van der Waals surface area contributed by atoms with Crippen LogP contribution in [0.5, 0.6) is 5.75 Å². The molecule has 0 heterocycles. The molecule has 0 atom stereocenters. The summed E-state index contributed by atoms with van der Waals surface area (Å²) in [6.45, 7) is 1.30. The van der Waals surface area contributed by atoms with Crippen LogP contribution in [0, 0.1) is 11.6 Å². The van der Waals surface area contributed by atoms with Crippen molar-refractivity contribution < 1.29 is 23.1 Å². The van der Waals surface area contributed by atoms with E-state index in [2.05, 4.69) is 10.6 Å². The minimum absolute atomic E-state index is 0.0724. The van der Waals surface area contributed by atoms with Crippen molar-refractivity contribution in [1.29, 1.82) is 0 Å². The number of hydrogen-bond acceptors (Lipinski definition) is 3. The molecule has 23 heavy (non-hydrogen) atoms. The van der Waals surface area contributed by atoms with Crippen LogP contribution in [0.4, 0.5) is 20.2 Å². The first-order valence-electron chi connectivity index (χ1n) is 6.62. The zero-order valence-corrected chi connectivity index (χ0v) is 12.4. The van der Waals surface area contributed by atoms with Crippen molar-refractivity contribution in [2.45, 2.75) is 6.92 Å². The van der Waals surface area contributed by atoms with Gasteiger partial charge in [-0.2, -0.15) is 0 Å². The van der Waals surface area contributed by atoms with Gasteiger partial charge >= 0.3 is 0 Å². The maximum Gasteiger partial charge on any atom is 0.259 e. The number of methoxy groups -OCH3 is 1. The summed E-state index contributed by atoms with van der Waals surface area (Å²) >= 11 is 0. The predicted octanol–water partition coefficient (Wildman–Crippen LogP) is 3.18. The number of carbonyl (C=O) groups is 2. The van der Waals surface area contributed by atoms with Crippen molar-refractivity contribution in [1.82, 2.24) is 0 Å². The van der Waals surface area contributed by atoms with Gasteiger partial charge in [0.05, 0.1) is 18.4 Å². The van der Waals surface area contributed by atoms with Crippen molar-refractivity contribution in [2.24, 2.45) is 0 Å². The highest BCUT2D eigenvalue weighted by Gasteiger charge is 2.15. The number of amides is 2. The zero-order valence-electron chi connectivity index (χ0n) is 12.4. The number of benzene rings is 2. The largest absolute Gasteiger partial charge is 0.496 e. The molecule has 5 nitrogen and oxygen atoms in total. The molecular formula is C16H14F2N2O3. The van der Waals surface area contributed by atoms with Crippen LogP contribution in [0.2, 0.25) is 0 Å². The monoisotopic (exact) mass is 320 g/mol. The molecule has 2 N–H and O–H groups in total. The van der Waals surface area contributed by atoms with Crippen LogP contribution in [0.3, 0.4) is 0 Å². The standard InChI is InChI=1S/C16H14F2N2O3/c1-9(21)19-11-4-5-13(18)14(8-11)20-16(22)12-7-10(17)3-6-15(12)23-2/h3-8H,1-2H3,(H,19,21)(H,20,22). The van der Waals surface area contributed by atoms with E-state index in [1.165, 1.54) is 32.2 Å². The summed E-state index contributed by atoms with van der Waals surface area (Å²) < 4.78 is 32.1. The maximum absolute atomic E-state index is 13.8. The summed E-state index contributed by atoms with van der Waals surface area (Å²) in [5, 5.41) is 4.81. The van der Waals surface area contributed by atoms with Gasteiger partial charge in [-0.1, -0.05) is 0 Å². The molecule has 120 valence electrons. The molecule has 7 heteroatoms. The van der Waals surface area contributed by atoms with Crippen LogP contribution < -0.4 is 15.4 Å². The molecule has 0 radical (unpaired) electrons. The minimum atomic E-state index is -0.736. The van der Waals surface area contributed by atoms with E-state index in [1.54, 1.807) is 0 Å². The number of carbonyl (C=O) groups excluding carboxylic acids is 2. The van der Waals surface area contributed by atoms with Crippen molar-refractivity contribution in [3.63, 3.8) is 0 Å². The summed E-state index contributed by atoms with van der Waals surface area (Å²) in [6, 6.07) is 7.16. The van der Waals surface area contributed by atoms with E-state index in [4.69, 9.17) is 4.74 Å². The fraction of sp³-hybridized carbons (Fsp3) is 0.125. The molecule has 0 aliphatic heterocycles. The fourth-order valence-corrected chi connectivity index (χ4v) is 1.95. The van der Waals surface area contributed by atoms with E-state index in [0.717, 1.165) is 18.2 Å². The molecule has 0 bridgehead atoms. The fourth-order valence-electron chi connectivity index (χ4n) is 1.95. The highest BCUT2D eigenvalue weighted by Crippen LogP contribution is 2.24. The van der Waals surface area contributed by atoms with E-state index in [-0.39, 0.29) is 22.9 Å². The predicted molar refractivity (Wildman–Crippen MR) is 81.6 cm³/mol. The van der Waals surface area contributed by atoms with Crippen molar-refractivity contribution >= 4 is 23.2 Å². The summed E-state index contributed by atoms with van der Waals surface area (Å²) in [5.74, 6) is -2.23. The molecule has 2 aromatic carbocycles. The van der Waals surface area contributed by atoms with Crippen LogP contribution in [-0.2, 0) is 4.79 Å². The molecule has 2 aromatic rings. The van der Waals surface area contributed by atoms with E-state index < -0.39 is 17.5 Å². The van der Waals surface area contributed by atoms with Crippen LogP contribution in [0.1, 0.15) is 17.3 Å². The lowest BCUT2D eigenvalue weighted by Crippen LogP contribution is -2.15. The summed E-state index contributed by atoms with van der Waals surface area (Å²) in [6.07, 6.45) is 0. The van der Waals surface area contributed by atoms with E-state index in [0.29, 0.717) is 5.69 Å². The van der Waals surface area contributed by atoms with Gasteiger partial charge in [0, 0.05) is 12.6 Å². The second-order valence-corrected chi connectivity index (χ2v) is 4.67. The molecule has 0 saturated carbocycles. The third-order valence-electron chi connectivity index (χ3n) is 2.94. The number of hydrogen-bond donors (Lipinski definition) is 2. The Hall–Kier alpha value is -2.96. The van der Waals surface area contributed by atoms with Crippen LogP contribution in [0.15, 0.2) is 36.4 Å². The zero-order chi connectivity index (χ0) is 17.0. The number of anilines is 2. The van der Waals surface area contributed by atoms with Crippen molar-refractivity contribution in [3.8, 4) is 5.75 Å². The third-order valence-corrected chi connectivity index (χ3v) is 2.94. The lowest BCUT2D eigenvalue weighted by atomic mass is 10.1. The second kappa shape index (κ2) is 6.87. The van der Waals surface area contributed by atoms with E-state index >= 15 is 0 Å². The molecule has 0 spiro atoms. The molecule has 2 rings (SSSR count). The van der Waals surface area contributed by atoms with Gasteiger partial charge in [0.1, 0.15) is 17.4 Å². The van der Waals surface area contributed by atoms with Crippen molar-refractivity contribution in [3.05, 3.63) is 53.6 Å². The maximum atomic E-state index is 13.8. The lowest BCUT2D eigenvalue weighted by molar-refractivity contribution is -0.114. The lowest BCUT2D eigenvalue weighted by Gasteiger charge is -2.11. The molecule has 0 unspecified atom stereocenters. The molecule has 0 saturated heterocycles. The molecular weight excluding hydrogens is 306 g/mol. The van der Waals surface area contributed by atoms with Gasteiger partial charge in [-0.15, -0.1) is 0 Å². The second-order valence-electron chi connectivity index (χ2n) is 4.67. The average Bonchev–Trinajstić information content (AvgIpc) is 2.50. The molecule has 0 aliphatic rings. The first kappa shape index (κ1) is 16.4. The summed E-state index contributed by atoms with van der Waals surface area (Å²) in [4.78, 5) is 23.2. The summed E-state index contributed by atoms with van der Waals surface area (Å²) in [7, 11) is 1.34. The number of rotatable bonds is 4. The Kier molecular flexibility index (Phi) is 4.90. The van der Waals surface area contributed by atoms with Crippen LogP contribution in [-0.4, -0.2) is 18.9 Å². The normalized spacial score (nSPS) is 10.1. The Balaban J connectivity index is 2.30. The highest BCUT2D eigenvalue weighted by molar-refractivity contribution is 6.06. The quantitative estimate of drug-likeness (QED) is 0.909. The Bertz CT molecular complexity index is 763. The molecule has 2 amide bonds. The smallest absolute Gasteiger partial charge is 0.259 e. The van der Waals surface area contributed by atoms with Crippen molar-refractivity contribution in [2.75, 3.05) is 17.7 Å². The minimum Gasteiger partial charge on any atom is -0.496 e. The molecule has 0 aromatic heterocycles. The molecule has 0 aliphatic carbocycles. The number of ether oxygens (including phenoxy) is 1. The Morgan fingerprint density at radius 2 is 1.78 bits per heavy atom. The summed E-state index contributed by atoms with van der Waals surface area (Å²) in [5.41, 5.74) is 0.102. The van der Waals surface area contributed by atoms with Gasteiger partial charge in [0.15, 0.2) is 0 Å². The van der Waals surface area contributed by atoms with Gasteiger partial charge in [-0.3, -0.25) is 9.59 Å². The van der Waals surface area contributed by atoms with E-state index in [9.17, 15) is 18.4 Å². The van der Waals surface area contributed by atoms with Gasteiger partial charge in [0.25, 0.3) is 5.91 Å².